The third-order valence-corrected chi connectivity index (χ3v) is 3.06. The summed E-state index contributed by atoms with van der Waals surface area (Å²) in [5, 5.41) is 10.0. The lowest BCUT2D eigenvalue weighted by atomic mass is 10.1. The van der Waals surface area contributed by atoms with Crippen molar-refractivity contribution in [1.29, 1.82) is 0 Å². The topological polar surface area (TPSA) is 58.4 Å². The maximum atomic E-state index is 12.7. The highest BCUT2D eigenvalue weighted by atomic mass is 19.3. The predicted octanol–water partition coefficient (Wildman–Crippen LogP) is 1.97. The van der Waals surface area contributed by atoms with Crippen LogP contribution in [0.3, 0.4) is 0 Å². The van der Waals surface area contributed by atoms with E-state index < -0.39 is 18.6 Å². The Labute approximate surface area is 120 Å². The van der Waals surface area contributed by atoms with Gasteiger partial charge in [-0.1, -0.05) is 30.3 Å². The van der Waals surface area contributed by atoms with Crippen LogP contribution in [-0.2, 0) is 11.3 Å². The summed E-state index contributed by atoms with van der Waals surface area (Å²) in [7, 11) is 1.43. The van der Waals surface area contributed by atoms with Gasteiger partial charge in [-0.2, -0.15) is 8.78 Å². The molecule has 1 aromatic heterocycles. The number of benzene rings is 1. The van der Waals surface area contributed by atoms with Gasteiger partial charge in [-0.15, -0.1) is 0 Å². The molecule has 0 saturated carbocycles. The number of hydrogen-bond donors (Lipinski definition) is 1. The summed E-state index contributed by atoms with van der Waals surface area (Å²) in [4.78, 5) is 17.1. The molecule has 0 spiro atoms. The van der Waals surface area contributed by atoms with Crippen molar-refractivity contribution < 1.29 is 18.7 Å². The van der Waals surface area contributed by atoms with Crippen LogP contribution in [0.15, 0.2) is 42.7 Å². The Bertz CT molecular complexity index is 601. The third-order valence-electron chi connectivity index (χ3n) is 3.06. The van der Waals surface area contributed by atoms with Gasteiger partial charge in [-0.25, -0.2) is 4.98 Å². The number of amides is 1. The Morgan fingerprint density at radius 1 is 1.38 bits per heavy atom. The largest absolute Gasteiger partial charge is 0.378 e. The molecule has 0 radical (unpaired) electrons. The fourth-order valence-electron chi connectivity index (χ4n) is 1.92. The predicted molar refractivity (Wildman–Crippen MR) is 71.4 cm³/mol. The van der Waals surface area contributed by atoms with E-state index in [0.29, 0.717) is 10.1 Å². The molecule has 0 bridgehead atoms. The molecule has 1 N–H and O–H groups in total. The first-order valence-corrected chi connectivity index (χ1v) is 6.28. The highest BCUT2D eigenvalue weighted by Gasteiger charge is 2.23. The molecule has 112 valence electrons. The Morgan fingerprint density at radius 3 is 2.67 bits per heavy atom. The van der Waals surface area contributed by atoms with Crippen molar-refractivity contribution in [2.45, 2.75) is 19.2 Å². The van der Waals surface area contributed by atoms with Crippen molar-refractivity contribution in [3.8, 4) is 0 Å². The van der Waals surface area contributed by atoms with Crippen LogP contribution in [0.25, 0.3) is 0 Å². The Morgan fingerprint density at radius 2 is 2.05 bits per heavy atom. The van der Waals surface area contributed by atoms with Gasteiger partial charge in [0.05, 0.1) is 6.54 Å². The van der Waals surface area contributed by atoms with E-state index in [4.69, 9.17) is 0 Å². The van der Waals surface area contributed by atoms with Crippen molar-refractivity contribution in [2.24, 2.45) is 0 Å². The van der Waals surface area contributed by atoms with Crippen molar-refractivity contribution >= 4 is 5.91 Å². The monoisotopic (exact) mass is 295 g/mol. The van der Waals surface area contributed by atoms with Crippen LogP contribution in [-0.4, -0.2) is 32.5 Å². The number of likely N-dealkylation sites (N-methyl/N-ethyl adjacent to an activating group) is 1. The molecule has 0 aliphatic carbocycles. The van der Waals surface area contributed by atoms with Gasteiger partial charge in [-0.3, -0.25) is 9.36 Å². The van der Waals surface area contributed by atoms with Gasteiger partial charge in [0.25, 0.3) is 5.91 Å². The first-order chi connectivity index (χ1) is 10.0. The minimum atomic E-state index is -2.72. The van der Waals surface area contributed by atoms with E-state index in [9.17, 15) is 18.7 Å². The Kier molecular flexibility index (Phi) is 4.64. The summed E-state index contributed by atoms with van der Waals surface area (Å²) in [6.07, 6.45) is 1.06. The van der Waals surface area contributed by atoms with E-state index in [1.54, 1.807) is 30.3 Å². The van der Waals surface area contributed by atoms with Gasteiger partial charge >= 0.3 is 6.55 Å². The molecule has 7 heteroatoms. The quantitative estimate of drug-likeness (QED) is 0.917. The molecule has 1 heterocycles. The molecular weight excluding hydrogens is 280 g/mol. The molecule has 0 aliphatic heterocycles. The number of aliphatic hydroxyl groups excluding tert-OH is 1. The number of rotatable bonds is 5. The average molecular weight is 295 g/mol. The summed E-state index contributed by atoms with van der Waals surface area (Å²) in [5.74, 6) is -0.522. The maximum Gasteiger partial charge on any atom is 0.319 e. The summed E-state index contributed by atoms with van der Waals surface area (Å²) in [5.41, 5.74) is 0.451. The normalized spacial score (nSPS) is 12.4. The van der Waals surface area contributed by atoms with Gasteiger partial charge < -0.3 is 10.0 Å². The lowest BCUT2D eigenvalue weighted by Gasteiger charge is -2.21. The lowest BCUT2D eigenvalue weighted by molar-refractivity contribution is -0.139. The molecule has 21 heavy (non-hydrogen) atoms. The number of alkyl halides is 2. The maximum absolute atomic E-state index is 12.7. The first kappa shape index (κ1) is 15.1. The smallest absolute Gasteiger partial charge is 0.319 e. The van der Waals surface area contributed by atoms with E-state index in [-0.39, 0.29) is 12.4 Å². The Hall–Kier alpha value is -2.28. The zero-order chi connectivity index (χ0) is 15.4. The fraction of sp³-hybridized carbons (Fsp3) is 0.286. The molecule has 5 nitrogen and oxygen atoms in total. The molecule has 0 fully saturated rings. The molecular formula is C14H15F2N3O2. The number of nitrogens with zero attached hydrogens (tertiary/aromatic N) is 3. The van der Waals surface area contributed by atoms with Crippen molar-refractivity contribution in [1.82, 2.24) is 14.5 Å². The van der Waals surface area contributed by atoms with Crippen LogP contribution in [0.1, 0.15) is 24.0 Å². The fourth-order valence-corrected chi connectivity index (χ4v) is 1.92. The van der Waals surface area contributed by atoms with Crippen LogP contribution >= 0.6 is 0 Å². The highest BCUT2D eigenvalue weighted by molar-refractivity contribution is 5.81. The average Bonchev–Trinajstić information content (AvgIpc) is 2.95. The second-order valence-corrected chi connectivity index (χ2v) is 4.54. The number of carbonyl (C=O) groups is 1. The minimum absolute atomic E-state index is 0.0566. The van der Waals surface area contributed by atoms with Gasteiger partial charge in [0.2, 0.25) is 0 Å². The number of aromatic nitrogens is 2. The van der Waals surface area contributed by atoms with Crippen LogP contribution in [0, 0.1) is 0 Å². The van der Waals surface area contributed by atoms with Crippen LogP contribution in [0.5, 0.6) is 0 Å². The van der Waals surface area contributed by atoms with E-state index in [2.05, 4.69) is 4.98 Å². The zero-order valence-electron chi connectivity index (χ0n) is 11.4. The van der Waals surface area contributed by atoms with E-state index in [0.717, 1.165) is 6.20 Å². The second kappa shape index (κ2) is 6.45. The van der Waals surface area contributed by atoms with Crippen LogP contribution in [0.4, 0.5) is 8.78 Å². The van der Waals surface area contributed by atoms with Crippen molar-refractivity contribution in [2.75, 3.05) is 7.05 Å². The van der Waals surface area contributed by atoms with E-state index in [1.165, 1.54) is 18.1 Å². The summed E-state index contributed by atoms with van der Waals surface area (Å²) in [6.45, 7) is -2.83. The number of carbonyl (C=O) groups excluding carboxylic acids is 1. The highest BCUT2D eigenvalue weighted by Crippen LogP contribution is 2.17. The molecule has 2 aromatic rings. The molecule has 1 aromatic carbocycles. The van der Waals surface area contributed by atoms with Crippen molar-refractivity contribution in [3.63, 3.8) is 0 Å². The molecule has 1 unspecified atom stereocenters. The Balaban J connectivity index is 2.08. The molecule has 2 rings (SSSR count). The number of imidazole rings is 1. The van der Waals surface area contributed by atoms with E-state index in [1.807, 2.05) is 0 Å². The minimum Gasteiger partial charge on any atom is -0.378 e. The first-order valence-electron chi connectivity index (χ1n) is 6.28. The van der Waals surface area contributed by atoms with Gasteiger partial charge in [0, 0.05) is 19.4 Å². The van der Waals surface area contributed by atoms with Gasteiger partial charge in [-0.05, 0) is 5.56 Å². The SMILES string of the molecule is CN(Cc1nccn1C(F)F)C(=O)C(O)c1ccccc1. The standard InChI is InChI=1S/C14H15F2N3O2/c1-18(9-11-17-7-8-19(11)14(15)16)13(21)12(20)10-5-3-2-4-6-10/h2-8,12,14,20H,9H2,1H3. The summed E-state index contributed by atoms with van der Waals surface area (Å²) >= 11 is 0. The molecule has 0 aliphatic rings. The molecule has 1 amide bonds. The zero-order valence-corrected chi connectivity index (χ0v) is 11.4. The van der Waals surface area contributed by atoms with Crippen LogP contribution in [0.2, 0.25) is 0 Å². The molecule has 0 saturated heterocycles. The number of halogens is 2. The number of hydrogen-bond acceptors (Lipinski definition) is 3. The summed E-state index contributed by atoms with van der Waals surface area (Å²) in [6, 6.07) is 8.42. The van der Waals surface area contributed by atoms with Gasteiger partial charge in [0.1, 0.15) is 5.82 Å². The molecule has 1 atom stereocenters. The second-order valence-electron chi connectivity index (χ2n) is 4.54. The summed E-state index contributed by atoms with van der Waals surface area (Å²) < 4.78 is 26.1. The number of aliphatic hydroxyl groups is 1. The van der Waals surface area contributed by atoms with Crippen LogP contribution < -0.4 is 0 Å². The van der Waals surface area contributed by atoms with E-state index >= 15 is 0 Å². The van der Waals surface area contributed by atoms with Crippen molar-refractivity contribution in [3.05, 3.63) is 54.1 Å². The third kappa shape index (κ3) is 3.43. The van der Waals surface area contributed by atoms with Gasteiger partial charge in [0.15, 0.2) is 6.10 Å². The lowest BCUT2D eigenvalue weighted by Crippen LogP contribution is -2.32.